The van der Waals surface area contributed by atoms with Gasteiger partial charge in [-0.1, -0.05) is 29.8 Å². The fourth-order valence-corrected chi connectivity index (χ4v) is 2.16. The normalized spacial score (nSPS) is 10.1. The summed E-state index contributed by atoms with van der Waals surface area (Å²) >= 11 is 6.06. The van der Waals surface area contributed by atoms with Crippen molar-refractivity contribution in [3.05, 3.63) is 53.1 Å². The van der Waals surface area contributed by atoms with E-state index in [2.05, 4.69) is 10.6 Å². The van der Waals surface area contributed by atoms with Gasteiger partial charge in [0.15, 0.2) is 0 Å². The maximum atomic E-state index is 12.0. The Bertz CT molecular complexity index is 659. The van der Waals surface area contributed by atoms with E-state index >= 15 is 0 Å². The Morgan fingerprint density at radius 1 is 1.23 bits per heavy atom. The van der Waals surface area contributed by atoms with Gasteiger partial charge in [-0.05, 0) is 36.8 Å². The Labute approximate surface area is 135 Å². The second-order valence-corrected chi connectivity index (χ2v) is 5.30. The number of para-hydroxylation sites is 2. The van der Waals surface area contributed by atoms with Crippen LogP contribution in [0.3, 0.4) is 0 Å². The molecule has 2 aromatic carbocycles. The lowest BCUT2D eigenvalue weighted by Gasteiger charge is -2.11. The second-order valence-electron chi connectivity index (χ2n) is 4.89. The summed E-state index contributed by atoms with van der Waals surface area (Å²) in [5, 5.41) is 6.73. The summed E-state index contributed by atoms with van der Waals surface area (Å²) < 4.78 is 5.20. The largest absolute Gasteiger partial charge is 0.495 e. The van der Waals surface area contributed by atoms with E-state index in [1.807, 2.05) is 49.4 Å². The number of hydrogen-bond donors (Lipinski definition) is 2. The first-order valence-electron chi connectivity index (χ1n) is 7.03. The summed E-state index contributed by atoms with van der Waals surface area (Å²) in [7, 11) is 1.58. The van der Waals surface area contributed by atoms with Crippen molar-refractivity contribution in [2.24, 2.45) is 0 Å². The average molecular weight is 319 g/mol. The molecule has 4 nitrogen and oxygen atoms in total. The molecule has 0 atom stereocenters. The summed E-state index contributed by atoms with van der Waals surface area (Å²) in [5.74, 6) is 0.573. The van der Waals surface area contributed by atoms with Gasteiger partial charge in [0.25, 0.3) is 0 Å². The molecule has 0 saturated heterocycles. The number of rotatable bonds is 6. The van der Waals surface area contributed by atoms with Crippen molar-refractivity contribution in [2.45, 2.75) is 13.3 Å². The average Bonchev–Trinajstić information content (AvgIpc) is 2.51. The van der Waals surface area contributed by atoms with E-state index in [4.69, 9.17) is 16.3 Å². The molecule has 5 heteroatoms. The Morgan fingerprint density at radius 3 is 2.73 bits per heavy atom. The molecule has 0 saturated carbocycles. The minimum Gasteiger partial charge on any atom is -0.495 e. The molecule has 22 heavy (non-hydrogen) atoms. The quantitative estimate of drug-likeness (QED) is 0.843. The van der Waals surface area contributed by atoms with Crippen LogP contribution in [0.1, 0.15) is 12.0 Å². The number of halogens is 1. The molecule has 1 amide bonds. The van der Waals surface area contributed by atoms with Gasteiger partial charge in [-0.25, -0.2) is 0 Å². The smallest absolute Gasteiger partial charge is 0.226 e. The summed E-state index contributed by atoms with van der Waals surface area (Å²) in [5.41, 5.74) is 2.61. The topological polar surface area (TPSA) is 50.4 Å². The summed E-state index contributed by atoms with van der Waals surface area (Å²) in [6.07, 6.45) is 0.351. The van der Waals surface area contributed by atoms with Gasteiger partial charge in [0, 0.05) is 23.7 Å². The molecule has 0 heterocycles. The van der Waals surface area contributed by atoms with E-state index in [1.165, 1.54) is 0 Å². The van der Waals surface area contributed by atoms with Gasteiger partial charge in [0.2, 0.25) is 5.91 Å². The van der Waals surface area contributed by atoms with Crippen LogP contribution in [-0.4, -0.2) is 19.6 Å². The minimum absolute atomic E-state index is 0.0739. The zero-order valence-corrected chi connectivity index (χ0v) is 13.4. The zero-order valence-electron chi connectivity index (χ0n) is 12.7. The fourth-order valence-electron chi connectivity index (χ4n) is 1.98. The van der Waals surface area contributed by atoms with Gasteiger partial charge in [0.05, 0.1) is 12.8 Å². The number of ether oxygens (including phenoxy) is 1. The van der Waals surface area contributed by atoms with E-state index in [-0.39, 0.29) is 5.91 Å². The molecule has 2 rings (SSSR count). The van der Waals surface area contributed by atoms with Crippen LogP contribution in [-0.2, 0) is 4.79 Å². The SMILES string of the molecule is COc1ccccc1NC(=O)CCNc1ccc(C)c(Cl)c1. The van der Waals surface area contributed by atoms with E-state index in [0.29, 0.717) is 29.4 Å². The molecule has 2 N–H and O–H groups in total. The van der Waals surface area contributed by atoms with Crippen molar-refractivity contribution in [1.82, 2.24) is 0 Å². The first kappa shape index (κ1) is 16.2. The first-order valence-corrected chi connectivity index (χ1v) is 7.41. The molecule has 0 aliphatic heterocycles. The molecule has 0 aromatic heterocycles. The van der Waals surface area contributed by atoms with Crippen LogP contribution in [0.5, 0.6) is 5.75 Å². The number of anilines is 2. The molecule has 0 aliphatic carbocycles. The van der Waals surface area contributed by atoms with E-state index in [9.17, 15) is 4.79 Å². The van der Waals surface area contributed by atoms with Gasteiger partial charge in [-0.15, -0.1) is 0 Å². The number of carbonyl (C=O) groups is 1. The van der Waals surface area contributed by atoms with Gasteiger partial charge < -0.3 is 15.4 Å². The molecular formula is C17H19ClN2O2. The number of methoxy groups -OCH3 is 1. The van der Waals surface area contributed by atoms with Gasteiger partial charge in [0.1, 0.15) is 5.75 Å². The molecule has 0 radical (unpaired) electrons. The van der Waals surface area contributed by atoms with Crippen LogP contribution in [0.15, 0.2) is 42.5 Å². The highest BCUT2D eigenvalue weighted by molar-refractivity contribution is 6.31. The third-order valence-electron chi connectivity index (χ3n) is 3.23. The number of nitrogens with one attached hydrogen (secondary N) is 2. The Hall–Kier alpha value is -2.20. The number of hydrogen-bond acceptors (Lipinski definition) is 3. The monoisotopic (exact) mass is 318 g/mol. The standard InChI is InChI=1S/C17H19ClN2O2/c1-12-7-8-13(11-14(12)18)19-10-9-17(21)20-15-5-3-4-6-16(15)22-2/h3-8,11,19H,9-10H2,1-2H3,(H,20,21). The van der Waals surface area contributed by atoms with Crippen LogP contribution >= 0.6 is 11.6 Å². The summed E-state index contributed by atoms with van der Waals surface area (Å²) in [6, 6.07) is 13.1. The lowest BCUT2D eigenvalue weighted by Crippen LogP contribution is -2.16. The Kier molecular flexibility index (Phi) is 5.67. The highest BCUT2D eigenvalue weighted by atomic mass is 35.5. The highest BCUT2D eigenvalue weighted by Crippen LogP contribution is 2.23. The number of benzene rings is 2. The Morgan fingerprint density at radius 2 is 2.00 bits per heavy atom. The third-order valence-corrected chi connectivity index (χ3v) is 3.64. The van der Waals surface area contributed by atoms with E-state index < -0.39 is 0 Å². The van der Waals surface area contributed by atoms with Crippen molar-refractivity contribution in [3.63, 3.8) is 0 Å². The predicted octanol–water partition coefficient (Wildman–Crippen LogP) is 4.10. The van der Waals surface area contributed by atoms with Crippen LogP contribution in [0, 0.1) is 6.92 Å². The molecule has 0 spiro atoms. The van der Waals surface area contributed by atoms with Crippen LogP contribution in [0.2, 0.25) is 5.02 Å². The van der Waals surface area contributed by atoms with Crippen LogP contribution in [0.4, 0.5) is 11.4 Å². The lowest BCUT2D eigenvalue weighted by atomic mass is 10.2. The van der Waals surface area contributed by atoms with Crippen molar-refractivity contribution >= 4 is 28.9 Å². The number of aryl methyl sites for hydroxylation is 1. The van der Waals surface area contributed by atoms with Gasteiger partial charge >= 0.3 is 0 Å². The predicted molar refractivity (Wildman–Crippen MR) is 90.9 cm³/mol. The molecular weight excluding hydrogens is 300 g/mol. The third kappa shape index (κ3) is 4.40. The molecule has 0 bridgehead atoms. The second kappa shape index (κ2) is 7.71. The zero-order chi connectivity index (χ0) is 15.9. The van der Waals surface area contributed by atoms with E-state index in [1.54, 1.807) is 7.11 Å². The molecule has 0 aliphatic rings. The molecule has 116 valence electrons. The van der Waals surface area contributed by atoms with Crippen molar-refractivity contribution in [3.8, 4) is 5.75 Å². The highest BCUT2D eigenvalue weighted by Gasteiger charge is 2.06. The van der Waals surface area contributed by atoms with Crippen molar-refractivity contribution < 1.29 is 9.53 Å². The maximum absolute atomic E-state index is 12.0. The molecule has 0 fully saturated rings. The minimum atomic E-state index is -0.0739. The van der Waals surface area contributed by atoms with Crippen molar-refractivity contribution in [1.29, 1.82) is 0 Å². The molecule has 0 unspecified atom stereocenters. The van der Waals surface area contributed by atoms with Gasteiger partial charge in [-0.2, -0.15) is 0 Å². The molecule has 2 aromatic rings. The lowest BCUT2D eigenvalue weighted by molar-refractivity contribution is -0.115. The van der Waals surface area contributed by atoms with Gasteiger partial charge in [-0.3, -0.25) is 4.79 Å². The maximum Gasteiger partial charge on any atom is 0.226 e. The fraction of sp³-hybridized carbons (Fsp3) is 0.235. The van der Waals surface area contributed by atoms with Crippen LogP contribution in [0.25, 0.3) is 0 Å². The number of amides is 1. The summed E-state index contributed by atoms with van der Waals surface area (Å²) in [6.45, 7) is 2.48. The Balaban J connectivity index is 1.84. The first-order chi connectivity index (χ1) is 10.6. The summed E-state index contributed by atoms with van der Waals surface area (Å²) in [4.78, 5) is 12.0. The van der Waals surface area contributed by atoms with Crippen LogP contribution < -0.4 is 15.4 Å². The van der Waals surface area contributed by atoms with Crippen molar-refractivity contribution in [2.75, 3.05) is 24.3 Å². The van der Waals surface area contributed by atoms with E-state index in [0.717, 1.165) is 11.3 Å². The number of carbonyl (C=O) groups excluding carboxylic acids is 1.